The highest BCUT2D eigenvalue weighted by molar-refractivity contribution is 5.92. The third-order valence-corrected chi connectivity index (χ3v) is 2.18. The zero-order valence-corrected chi connectivity index (χ0v) is 12.5. The van der Waals surface area contributed by atoms with E-state index in [1.54, 1.807) is 46.8 Å². The summed E-state index contributed by atoms with van der Waals surface area (Å²) in [4.78, 5) is 27.1. The van der Waals surface area contributed by atoms with Crippen LogP contribution in [0.15, 0.2) is 18.3 Å². The average Bonchev–Trinajstić information content (AvgIpc) is 2.28. The zero-order valence-electron chi connectivity index (χ0n) is 12.5. The number of nitrogens with zero attached hydrogens (tertiary/aromatic N) is 1. The van der Waals surface area contributed by atoms with Crippen molar-refractivity contribution in [3.63, 3.8) is 0 Å². The second-order valence-electron chi connectivity index (χ2n) is 5.70. The van der Waals surface area contributed by atoms with Gasteiger partial charge in [0.25, 0.3) is 0 Å². The maximum absolute atomic E-state index is 11.5. The van der Waals surface area contributed by atoms with Gasteiger partial charge in [-0.25, -0.2) is 9.78 Å². The first-order chi connectivity index (χ1) is 9.17. The molecule has 110 valence electrons. The number of nitrogens with one attached hydrogen (secondary N) is 2. The molecule has 1 heterocycles. The summed E-state index contributed by atoms with van der Waals surface area (Å²) in [6.07, 6.45) is 0.913. The molecule has 0 aliphatic rings. The third-order valence-electron chi connectivity index (χ3n) is 2.18. The van der Waals surface area contributed by atoms with E-state index in [0.717, 1.165) is 0 Å². The summed E-state index contributed by atoms with van der Waals surface area (Å²) in [5.74, 6) is 0.177. The van der Waals surface area contributed by atoms with Crippen molar-refractivity contribution in [3.8, 4) is 0 Å². The van der Waals surface area contributed by atoms with Crippen molar-refractivity contribution in [2.75, 3.05) is 10.6 Å². The first-order valence-corrected chi connectivity index (χ1v) is 6.44. The van der Waals surface area contributed by atoms with Crippen molar-refractivity contribution in [1.29, 1.82) is 0 Å². The van der Waals surface area contributed by atoms with Crippen LogP contribution in [0.4, 0.5) is 16.3 Å². The van der Waals surface area contributed by atoms with Crippen molar-refractivity contribution in [2.45, 2.75) is 40.2 Å². The minimum Gasteiger partial charge on any atom is -0.444 e. The molecule has 2 amide bonds. The second-order valence-corrected chi connectivity index (χ2v) is 5.70. The molecular formula is C14H21N3O3. The Labute approximate surface area is 118 Å². The molecular weight excluding hydrogens is 258 g/mol. The number of pyridine rings is 1. The van der Waals surface area contributed by atoms with Gasteiger partial charge in [-0.3, -0.25) is 10.1 Å². The summed E-state index contributed by atoms with van der Waals surface area (Å²) in [6, 6.07) is 3.26. The minimum atomic E-state index is -0.566. The minimum absolute atomic E-state index is 0.0837. The molecule has 0 aliphatic heterocycles. The van der Waals surface area contributed by atoms with E-state index in [4.69, 9.17) is 4.74 Å². The molecule has 0 atom stereocenters. The molecule has 0 fully saturated rings. The van der Waals surface area contributed by atoms with Crippen LogP contribution in [-0.2, 0) is 9.53 Å². The fourth-order valence-corrected chi connectivity index (χ4v) is 1.24. The van der Waals surface area contributed by atoms with Crippen molar-refractivity contribution < 1.29 is 14.3 Å². The molecule has 1 aromatic heterocycles. The van der Waals surface area contributed by atoms with Gasteiger partial charge in [0.2, 0.25) is 5.91 Å². The predicted octanol–water partition coefficient (Wildman–Crippen LogP) is 3.02. The highest BCUT2D eigenvalue weighted by atomic mass is 16.6. The van der Waals surface area contributed by atoms with Crippen LogP contribution in [0.25, 0.3) is 0 Å². The molecule has 0 bridgehead atoms. The number of carbonyl (C=O) groups excluding carboxylic acids is 2. The van der Waals surface area contributed by atoms with Crippen molar-refractivity contribution in [3.05, 3.63) is 18.3 Å². The molecule has 6 heteroatoms. The second kappa shape index (κ2) is 6.36. The van der Waals surface area contributed by atoms with Gasteiger partial charge in [-0.05, 0) is 32.9 Å². The summed E-state index contributed by atoms with van der Waals surface area (Å²) in [5.41, 5.74) is 0.0216. The lowest BCUT2D eigenvalue weighted by atomic mass is 10.2. The molecule has 1 rings (SSSR count). The molecule has 20 heavy (non-hydrogen) atoms. The lowest BCUT2D eigenvalue weighted by molar-refractivity contribution is -0.118. The average molecular weight is 279 g/mol. The molecule has 0 saturated carbocycles. The van der Waals surface area contributed by atoms with Gasteiger partial charge in [0, 0.05) is 5.92 Å². The van der Waals surface area contributed by atoms with Gasteiger partial charge in [-0.2, -0.15) is 0 Å². The van der Waals surface area contributed by atoms with Gasteiger partial charge < -0.3 is 10.1 Å². The van der Waals surface area contributed by atoms with Gasteiger partial charge in [0.05, 0.1) is 11.9 Å². The van der Waals surface area contributed by atoms with Crippen LogP contribution in [0.3, 0.4) is 0 Å². The number of anilines is 2. The Bertz CT molecular complexity index is 475. The van der Waals surface area contributed by atoms with Crippen LogP contribution < -0.4 is 10.6 Å². The predicted molar refractivity (Wildman–Crippen MR) is 77.6 cm³/mol. The largest absolute Gasteiger partial charge is 0.444 e. The summed E-state index contributed by atoms with van der Waals surface area (Å²) in [6.45, 7) is 8.96. The Kier molecular flexibility index (Phi) is 5.07. The van der Waals surface area contributed by atoms with Crippen molar-refractivity contribution >= 4 is 23.5 Å². The Morgan fingerprint density at radius 3 is 2.30 bits per heavy atom. The Morgan fingerprint density at radius 2 is 1.85 bits per heavy atom. The molecule has 0 aromatic carbocycles. The van der Waals surface area contributed by atoms with Gasteiger partial charge in [0.15, 0.2) is 0 Å². The van der Waals surface area contributed by atoms with Crippen LogP contribution in [-0.4, -0.2) is 22.6 Å². The number of hydrogen-bond acceptors (Lipinski definition) is 4. The SMILES string of the molecule is CC(C)C(=O)Nc1ccc(NC(=O)OC(C)(C)C)nc1. The summed E-state index contributed by atoms with van der Waals surface area (Å²) in [7, 11) is 0. The molecule has 6 nitrogen and oxygen atoms in total. The normalized spacial score (nSPS) is 11.1. The quantitative estimate of drug-likeness (QED) is 0.891. The number of hydrogen-bond donors (Lipinski definition) is 2. The molecule has 0 aliphatic carbocycles. The standard InChI is InChI=1S/C14H21N3O3/c1-9(2)12(18)16-10-6-7-11(15-8-10)17-13(19)20-14(3,4)5/h6-9H,1-5H3,(H,16,18)(H,15,17,19). The molecule has 0 unspecified atom stereocenters. The highest BCUT2D eigenvalue weighted by Gasteiger charge is 2.16. The van der Waals surface area contributed by atoms with Crippen LogP contribution >= 0.6 is 0 Å². The van der Waals surface area contributed by atoms with Crippen LogP contribution in [0.1, 0.15) is 34.6 Å². The first kappa shape index (κ1) is 15.9. The third kappa shape index (κ3) is 5.69. The fourth-order valence-electron chi connectivity index (χ4n) is 1.24. The van der Waals surface area contributed by atoms with Crippen LogP contribution in [0.2, 0.25) is 0 Å². The molecule has 0 spiro atoms. The number of amides is 2. The van der Waals surface area contributed by atoms with E-state index < -0.39 is 11.7 Å². The van der Waals surface area contributed by atoms with E-state index in [-0.39, 0.29) is 11.8 Å². The Hall–Kier alpha value is -2.11. The number of ether oxygens (including phenoxy) is 1. The van der Waals surface area contributed by atoms with E-state index in [1.807, 2.05) is 0 Å². The topological polar surface area (TPSA) is 80.3 Å². The van der Waals surface area contributed by atoms with E-state index in [9.17, 15) is 9.59 Å². The van der Waals surface area contributed by atoms with Crippen LogP contribution in [0.5, 0.6) is 0 Å². The Morgan fingerprint density at radius 1 is 1.20 bits per heavy atom. The fraction of sp³-hybridized carbons (Fsp3) is 0.500. The maximum atomic E-state index is 11.5. The molecule has 2 N–H and O–H groups in total. The van der Waals surface area contributed by atoms with Gasteiger partial charge in [0.1, 0.15) is 11.4 Å². The molecule has 0 radical (unpaired) electrons. The smallest absolute Gasteiger partial charge is 0.413 e. The monoisotopic (exact) mass is 279 g/mol. The number of aromatic nitrogens is 1. The highest BCUT2D eigenvalue weighted by Crippen LogP contribution is 2.13. The zero-order chi connectivity index (χ0) is 15.3. The van der Waals surface area contributed by atoms with E-state index in [2.05, 4.69) is 15.6 Å². The summed E-state index contributed by atoms with van der Waals surface area (Å²) in [5, 5.41) is 5.23. The number of carbonyl (C=O) groups is 2. The maximum Gasteiger partial charge on any atom is 0.413 e. The van der Waals surface area contributed by atoms with Gasteiger partial charge in [-0.1, -0.05) is 13.8 Å². The summed E-state index contributed by atoms with van der Waals surface area (Å²) >= 11 is 0. The lowest BCUT2D eigenvalue weighted by Crippen LogP contribution is -2.27. The summed E-state index contributed by atoms with van der Waals surface area (Å²) < 4.78 is 5.11. The first-order valence-electron chi connectivity index (χ1n) is 6.44. The molecule has 0 saturated heterocycles. The van der Waals surface area contributed by atoms with Gasteiger partial charge >= 0.3 is 6.09 Å². The van der Waals surface area contributed by atoms with Gasteiger partial charge in [-0.15, -0.1) is 0 Å². The molecule has 1 aromatic rings. The van der Waals surface area contributed by atoms with E-state index in [0.29, 0.717) is 11.5 Å². The Balaban J connectivity index is 2.59. The van der Waals surface area contributed by atoms with Crippen molar-refractivity contribution in [1.82, 2.24) is 4.98 Å². The van der Waals surface area contributed by atoms with E-state index in [1.165, 1.54) is 6.20 Å². The van der Waals surface area contributed by atoms with E-state index >= 15 is 0 Å². The van der Waals surface area contributed by atoms with Crippen molar-refractivity contribution in [2.24, 2.45) is 5.92 Å². The lowest BCUT2D eigenvalue weighted by Gasteiger charge is -2.19. The van der Waals surface area contributed by atoms with Crippen LogP contribution in [0, 0.1) is 5.92 Å². The number of rotatable bonds is 3.